The molecule has 1 fully saturated rings. The van der Waals surface area contributed by atoms with E-state index in [1.165, 1.54) is 16.7 Å². The molecule has 0 aromatic heterocycles. The van der Waals surface area contributed by atoms with Crippen molar-refractivity contribution in [3.63, 3.8) is 0 Å². The van der Waals surface area contributed by atoms with E-state index in [0.29, 0.717) is 6.54 Å². The van der Waals surface area contributed by atoms with Gasteiger partial charge in [-0.1, -0.05) is 48.0 Å². The Hall–Kier alpha value is -2.57. The minimum absolute atomic E-state index is 0.0270. The number of aliphatic imine (C=N–C) groups is 1. The molecule has 1 aliphatic rings. The molecule has 1 unspecified atom stereocenters. The molecule has 1 saturated heterocycles. The zero-order valence-electron chi connectivity index (χ0n) is 18.1. The predicted molar refractivity (Wildman–Crippen MR) is 127 cm³/mol. The molecule has 6 nitrogen and oxygen atoms in total. The van der Waals surface area contributed by atoms with Crippen LogP contribution in [0.25, 0.3) is 0 Å². The third-order valence-electron chi connectivity index (χ3n) is 5.61. The highest BCUT2D eigenvalue weighted by atomic mass is 35.5. The van der Waals surface area contributed by atoms with Crippen LogP contribution >= 0.6 is 11.6 Å². The van der Waals surface area contributed by atoms with Gasteiger partial charge in [-0.05, 0) is 54.6 Å². The zero-order chi connectivity index (χ0) is 22.1. The molecule has 3 rings (SSSR count). The standard InChI is InChI=1S/C24H32ClN5O/c1-27-24(28-12-11-18-7-9-22(25)10-8-18)29-15-19-4-2-5-20(14-19)16-30-13-3-6-21(17-30)23(26)31/h2,4-5,7-10,14,21H,3,6,11-13,15-17H2,1H3,(H2,26,31)(H2,27,28,29). The average molecular weight is 442 g/mol. The fourth-order valence-electron chi connectivity index (χ4n) is 3.91. The smallest absolute Gasteiger partial charge is 0.221 e. The van der Waals surface area contributed by atoms with E-state index in [2.05, 4.69) is 44.8 Å². The molecule has 166 valence electrons. The van der Waals surface area contributed by atoms with Gasteiger partial charge in [-0.3, -0.25) is 14.7 Å². The van der Waals surface area contributed by atoms with Gasteiger partial charge in [0.1, 0.15) is 0 Å². The van der Waals surface area contributed by atoms with E-state index in [-0.39, 0.29) is 11.8 Å². The van der Waals surface area contributed by atoms with Gasteiger partial charge in [-0.2, -0.15) is 0 Å². The number of benzene rings is 2. The molecule has 0 saturated carbocycles. The average Bonchev–Trinajstić information content (AvgIpc) is 2.78. The lowest BCUT2D eigenvalue weighted by molar-refractivity contribution is -0.123. The van der Waals surface area contributed by atoms with E-state index < -0.39 is 0 Å². The van der Waals surface area contributed by atoms with E-state index >= 15 is 0 Å². The monoisotopic (exact) mass is 441 g/mol. The van der Waals surface area contributed by atoms with Crippen molar-refractivity contribution >= 4 is 23.5 Å². The first-order valence-corrected chi connectivity index (χ1v) is 11.2. The predicted octanol–water partition coefficient (Wildman–Crippen LogP) is 2.95. The maximum Gasteiger partial charge on any atom is 0.221 e. The zero-order valence-corrected chi connectivity index (χ0v) is 18.9. The molecule has 0 aliphatic carbocycles. The van der Waals surface area contributed by atoms with Crippen LogP contribution < -0.4 is 16.4 Å². The first-order chi connectivity index (χ1) is 15.0. The topological polar surface area (TPSA) is 82.8 Å². The highest BCUT2D eigenvalue weighted by molar-refractivity contribution is 6.30. The summed E-state index contributed by atoms with van der Waals surface area (Å²) in [4.78, 5) is 18.2. The number of likely N-dealkylation sites (tertiary alicyclic amines) is 1. The number of carbonyl (C=O) groups excluding carboxylic acids is 1. The van der Waals surface area contributed by atoms with Crippen molar-refractivity contribution in [2.75, 3.05) is 26.7 Å². The molecule has 2 aromatic rings. The van der Waals surface area contributed by atoms with Crippen molar-refractivity contribution < 1.29 is 4.79 Å². The van der Waals surface area contributed by atoms with Gasteiger partial charge in [0, 0.05) is 38.2 Å². The number of hydrogen-bond acceptors (Lipinski definition) is 3. The third kappa shape index (κ3) is 7.56. The highest BCUT2D eigenvalue weighted by Crippen LogP contribution is 2.18. The normalized spacial score (nSPS) is 17.4. The Morgan fingerprint density at radius 3 is 2.68 bits per heavy atom. The van der Waals surface area contributed by atoms with Gasteiger partial charge in [-0.15, -0.1) is 0 Å². The van der Waals surface area contributed by atoms with Crippen molar-refractivity contribution in [1.29, 1.82) is 0 Å². The summed E-state index contributed by atoms with van der Waals surface area (Å²) in [7, 11) is 1.78. The molecule has 1 heterocycles. The molecule has 4 N–H and O–H groups in total. The lowest BCUT2D eigenvalue weighted by Crippen LogP contribution is -2.40. The molecule has 1 amide bonds. The Balaban J connectivity index is 1.46. The quantitative estimate of drug-likeness (QED) is 0.434. The molecule has 1 aliphatic heterocycles. The molecule has 0 radical (unpaired) electrons. The molecule has 0 bridgehead atoms. The number of amides is 1. The Morgan fingerprint density at radius 2 is 1.94 bits per heavy atom. The number of nitrogens with one attached hydrogen (secondary N) is 2. The first kappa shape index (κ1) is 23.1. The summed E-state index contributed by atoms with van der Waals surface area (Å²) < 4.78 is 0. The molecule has 31 heavy (non-hydrogen) atoms. The van der Waals surface area contributed by atoms with Crippen LogP contribution in [0.5, 0.6) is 0 Å². The van der Waals surface area contributed by atoms with Gasteiger partial charge in [-0.25, -0.2) is 0 Å². The summed E-state index contributed by atoms with van der Waals surface area (Å²) in [6.07, 6.45) is 2.82. The van der Waals surface area contributed by atoms with E-state index in [1.54, 1.807) is 7.05 Å². The number of hydrogen-bond donors (Lipinski definition) is 3. The van der Waals surface area contributed by atoms with Crippen molar-refractivity contribution in [2.45, 2.75) is 32.4 Å². The van der Waals surface area contributed by atoms with Crippen molar-refractivity contribution in [3.8, 4) is 0 Å². The summed E-state index contributed by atoms with van der Waals surface area (Å²) in [5.74, 6) is 0.568. The van der Waals surface area contributed by atoms with Gasteiger partial charge in [0.25, 0.3) is 0 Å². The lowest BCUT2D eigenvalue weighted by Gasteiger charge is -2.31. The summed E-state index contributed by atoms with van der Waals surface area (Å²) in [5.41, 5.74) is 9.18. The van der Waals surface area contributed by atoms with Crippen LogP contribution in [0, 0.1) is 5.92 Å². The number of piperidine rings is 1. The second kappa shape index (κ2) is 11.7. The van der Waals surface area contributed by atoms with E-state index in [1.807, 2.05) is 24.3 Å². The number of guanidine groups is 1. The lowest BCUT2D eigenvalue weighted by atomic mass is 9.97. The largest absolute Gasteiger partial charge is 0.369 e. The number of rotatable bonds is 8. The summed E-state index contributed by atoms with van der Waals surface area (Å²) >= 11 is 5.94. The number of primary amides is 1. The van der Waals surface area contributed by atoms with Crippen molar-refractivity contribution in [2.24, 2.45) is 16.6 Å². The van der Waals surface area contributed by atoms with Gasteiger partial charge in [0.05, 0.1) is 5.92 Å². The Kier molecular flexibility index (Phi) is 8.74. The molecular weight excluding hydrogens is 410 g/mol. The minimum atomic E-state index is -0.183. The van der Waals surface area contributed by atoms with Crippen LogP contribution in [0.2, 0.25) is 5.02 Å². The highest BCUT2D eigenvalue weighted by Gasteiger charge is 2.23. The third-order valence-corrected chi connectivity index (χ3v) is 5.86. The van der Waals surface area contributed by atoms with Gasteiger partial charge in [0.15, 0.2) is 5.96 Å². The van der Waals surface area contributed by atoms with E-state index in [4.69, 9.17) is 17.3 Å². The van der Waals surface area contributed by atoms with Crippen LogP contribution in [0.1, 0.15) is 29.5 Å². The fourth-order valence-corrected chi connectivity index (χ4v) is 4.04. The maximum absolute atomic E-state index is 11.5. The fraction of sp³-hybridized carbons (Fsp3) is 0.417. The van der Waals surface area contributed by atoms with Crippen molar-refractivity contribution in [3.05, 3.63) is 70.2 Å². The second-order valence-electron chi connectivity index (χ2n) is 8.03. The number of nitrogens with two attached hydrogens (primary N) is 1. The SMILES string of the molecule is CN=C(NCCc1ccc(Cl)cc1)NCc1cccc(CN2CCCC(C(N)=O)C2)c1. The second-order valence-corrected chi connectivity index (χ2v) is 8.46. The Morgan fingerprint density at radius 1 is 1.16 bits per heavy atom. The number of nitrogens with zero attached hydrogens (tertiary/aromatic N) is 2. The van der Waals surface area contributed by atoms with Crippen LogP contribution in [0.15, 0.2) is 53.5 Å². The van der Waals surface area contributed by atoms with Gasteiger partial charge >= 0.3 is 0 Å². The minimum Gasteiger partial charge on any atom is -0.369 e. The Labute approximate surface area is 189 Å². The Bertz CT molecular complexity index is 884. The summed E-state index contributed by atoms with van der Waals surface area (Å²) in [6, 6.07) is 16.4. The van der Waals surface area contributed by atoms with Crippen LogP contribution in [0.3, 0.4) is 0 Å². The van der Waals surface area contributed by atoms with E-state index in [9.17, 15) is 4.79 Å². The molecule has 0 spiro atoms. The molecule has 2 aromatic carbocycles. The maximum atomic E-state index is 11.5. The number of halogens is 1. The van der Waals surface area contributed by atoms with Gasteiger partial charge < -0.3 is 16.4 Å². The van der Waals surface area contributed by atoms with Gasteiger partial charge in [0.2, 0.25) is 5.91 Å². The molecule has 1 atom stereocenters. The molecular formula is C24H32ClN5O. The van der Waals surface area contributed by atoms with E-state index in [0.717, 1.165) is 56.4 Å². The van der Waals surface area contributed by atoms with Crippen LogP contribution in [-0.2, 0) is 24.3 Å². The first-order valence-electron chi connectivity index (χ1n) is 10.8. The van der Waals surface area contributed by atoms with Crippen LogP contribution in [0.4, 0.5) is 0 Å². The van der Waals surface area contributed by atoms with Crippen molar-refractivity contribution in [1.82, 2.24) is 15.5 Å². The summed E-state index contributed by atoms with van der Waals surface area (Å²) in [6.45, 7) is 4.08. The molecule has 7 heteroatoms. The van der Waals surface area contributed by atoms with Crippen LogP contribution in [-0.4, -0.2) is 43.4 Å². The number of carbonyl (C=O) groups is 1. The summed E-state index contributed by atoms with van der Waals surface area (Å²) in [5, 5.41) is 7.48.